The van der Waals surface area contributed by atoms with Crippen molar-refractivity contribution in [2.45, 2.75) is 38.0 Å². The topological polar surface area (TPSA) is 47.9 Å². The van der Waals surface area contributed by atoms with Gasteiger partial charge in [-0.15, -0.1) is 0 Å². The monoisotopic (exact) mass is 310 g/mol. The third-order valence-electron chi connectivity index (χ3n) is 3.31. The van der Waals surface area contributed by atoms with Gasteiger partial charge in [-0.05, 0) is 18.8 Å². The Balaban J connectivity index is 1.61. The molecule has 0 aromatic rings. The summed E-state index contributed by atoms with van der Waals surface area (Å²) in [4.78, 5) is 9.74. The van der Waals surface area contributed by atoms with Crippen molar-refractivity contribution in [2.75, 3.05) is 18.1 Å². The molecule has 2 fully saturated rings. The minimum atomic E-state index is -1.75. The largest absolute Gasteiger partial charge is 0.381 e. The molecule has 2 unspecified atom stereocenters. The summed E-state index contributed by atoms with van der Waals surface area (Å²) in [6.45, 7) is 2.62. The Labute approximate surface area is 119 Å². The smallest absolute Gasteiger partial charge is 0.330 e. The van der Waals surface area contributed by atoms with Gasteiger partial charge < -0.3 is 18.7 Å². The van der Waals surface area contributed by atoms with Crippen molar-refractivity contribution in [2.24, 2.45) is 5.92 Å². The molecule has 18 heavy (non-hydrogen) atoms. The first-order valence-corrected chi connectivity index (χ1v) is 9.95. The number of rotatable bonds is 5. The van der Waals surface area contributed by atoms with Gasteiger partial charge in [0.1, 0.15) is 7.85 Å². The van der Waals surface area contributed by atoms with Crippen LogP contribution in [-0.2, 0) is 13.8 Å². The summed E-state index contributed by atoms with van der Waals surface area (Å²) in [6, 6.07) is 0.288. The lowest BCUT2D eigenvalue weighted by Crippen LogP contribution is -2.19. The summed E-state index contributed by atoms with van der Waals surface area (Å²) in [5.41, 5.74) is 0. The summed E-state index contributed by atoms with van der Waals surface area (Å²) in [6.07, 6.45) is 2.23. The molecule has 0 aliphatic carbocycles. The number of hydrogen-bond acceptors (Lipinski definition) is 6. The first kappa shape index (κ1) is 15.4. The van der Waals surface area contributed by atoms with Crippen molar-refractivity contribution in [1.29, 1.82) is 0 Å². The lowest BCUT2D eigenvalue weighted by molar-refractivity contribution is 0.0383. The van der Waals surface area contributed by atoms with Gasteiger partial charge in [0.25, 0.3) is 0 Å². The Morgan fingerprint density at radius 2 is 2.33 bits per heavy atom. The molecule has 2 aliphatic rings. The molecule has 2 rings (SSSR count). The molecule has 104 valence electrons. The molecule has 0 aromatic carbocycles. The second-order valence-corrected chi connectivity index (χ2v) is 8.40. The minimum Gasteiger partial charge on any atom is -0.381 e. The van der Waals surface area contributed by atoms with E-state index in [9.17, 15) is 4.89 Å². The Morgan fingerprint density at radius 1 is 1.50 bits per heavy atom. The number of hydrogen-bond donors (Lipinski definition) is 1. The molecule has 0 saturated carbocycles. The Hall–Kier alpha value is 1.03. The molecule has 8 heteroatoms. The van der Waals surface area contributed by atoms with Gasteiger partial charge in [0.15, 0.2) is 0 Å². The van der Waals surface area contributed by atoms with Gasteiger partial charge in [-0.1, -0.05) is 28.5 Å². The molecule has 0 aromatic heterocycles. The fourth-order valence-electron chi connectivity index (χ4n) is 2.04. The predicted molar refractivity (Wildman–Crippen MR) is 80.5 cm³/mol. The molecule has 2 aliphatic heterocycles. The van der Waals surface area contributed by atoms with Crippen LogP contribution in [0.15, 0.2) is 0 Å². The van der Waals surface area contributed by atoms with Gasteiger partial charge in [-0.3, -0.25) is 0 Å². The first-order chi connectivity index (χ1) is 8.65. The Kier molecular flexibility index (Phi) is 6.62. The molecule has 2 saturated heterocycles. The first-order valence-electron chi connectivity index (χ1n) is 6.33. The van der Waals surface area contributed by atoms with Crippen molar-refractivity contribution in [1.82, 2.24) is 0 Å². The van der Waals surface area contributed by atoms with Gasteiger partial charge in [0.2, 0.25) is 0 Å². The molecule has 4 nitrogen and oxygen atoms in total. The quantitative estimate of drug-likeness (QED) is 0.474. The summed E-state index contributed by atoms with van der Waals surface area (Å²) in [5, 5.41) is 0. The third-order valence-corrected chi connectivity index (χ3v) is 6.65. The van der Waals surface area contributed by atoms with E-state index in [1.54, 1.807) is 10.8 Å². The zero-order chi connectivity index (χ0) is 13.0. The van der Waals surface area contributed by atoms with Gasteiger partial charge in [-0.25, -0.2) is 0 Å². The highest BCUT2D eigenvalue weighted by Crippen LogP contribution is 2.40. The van der Waals surface area contributed by atoms with E-state index >= 15 is 0 Å². The second-order valence-electron chi connectivity index (χ2n) is 4.83. The van der Waals surface area contributed by atoms with E-state index < -0.39 is 8.60 Å². The van der Waals surface area contributed by atoms with Crippen LogP contribution in [0.1, 0.15) is 19.8 Å². The van der Waals surface area contributed by atoms with Crippen molar-refractivity contribution >= 4 is 38.0 Å². The van der Waals surface area contributed by atoms with Crippen molar-refractivity contribution in [3.63, 3.8) is 0 Å². The van der Waals surface area contributed by atoms with Crippen LogP contribution < -0.4 is 0 Å². The van der Waals surface area contributed by atoms with E-state index in [4.69, 9.17) is 13.8 Å². The average molecular weight is 310 g/mol. The molecular formula is C10H20BO4PS2. The van der Waals surface area contributed by atoms with Crippen LogP contribution in [0, 0.1) is 5.92 Å². The fourth-order valence-corrected chi connectivity index (χ4v) is 5.28. The highest BCUT2D eigenvalue weighted by molar-refractivity contribution is 8.76. The molecule has 5 atom stereocenters. The van der Waals surface area contributed by atoms with Crippen LogP contribution in [-0.4, -0.2) is 49.1 Å². The predicted octanol–water partition coefficient (Wildman–Crippen LogP) is 1.78. The zero-order valence-electron chi connectivity index (χ0n) is 10.8. The maximum Gasteiger partial charge on any atom is 0.330 e. The molecular weight excluding hydrogens is 290 g/mol. The van der Waals surface area contributed by atoms with Crippen molar-refractivity contribution in [3.05, 3.63) is 0 Å². The molecule has 0 bridgehead atoms. The van der Waals surface area contributed by atoms with Gasteiger partial charge in [0, 0.05) is 17.5 Å². The Morgan fingerprint density at radius 3 is 2.94 bits per heavy atom. The minimum absolute atomic E-state index is 0.104. The summed E-state index contributed by atoms with van der Waals surface area (Å²) in [5.74, 6) is 2.58. The molecule has 0 amide bonds. The van der Waals surface area contributed by atoms with E-state index in [1.165, 1.54) is 0 Å². The zero-order valence-corrected chi connectivity index (χ0v) is 13.3. The van der Waals surface area contributed by atoms with Crippen molar-refractivity contribution < 1.29 is 18.7 Å². The number of ether oxygens (including phenoxy) is 1. The summed E-state index contributed by atoms with van der Waals surface area (Å²) in [7, 11) is 3.99. The van der Waals surface area contributed by atoms with E-state index in [1.807, 2.05) is 10.8 Å². The van der Waals surface area contributed by atoms with E-state index in [-0.39, 0.29) is 18.2 Å². The summed E-state index contributed by atoms with van der Waals surface area (Å²) < 4.78 is 16.6. The van der Waals surface area contributed by atoms with Gasteiger partial charge in [-0.2, -0.15) is 0 Å². The highest BCUT2D eigenvalue weighted by Gasteiger charge is 2.30. The molecule has 0 spiro atoms. The second kappa shape index (κ2) is 7.72. The van der Waals surface area contributed by atoms with Gasteiger partial charge in [0.05, 0.1) is 18.8 Å². The van der Waals surface area contributed by atoms with Gasteiger partial charge >= 0.3 is 8.60 Å². The maximum atomic E-state index is 9.74. The van der Waals surface area contributed by atoms with Crippen LogP contribution in [0.3, 0.4) is 0 Å². The molecule has 0 radical (unpaired) electrons. The molecule has 1 N–H and O–H groups in total. The van der Waals surface area contributed by atoms with E-state index in [2.05, 4.69) is 14.8 Å². The van der Waals surface area contributed by atoms with Crippen LogP contribution in [0.2, 0.25) is 0 Å². The highest BCUT2D eigenvalue weighted by atomic mass is 33.1. The van der Waals surface area contributed by atoms with E-state index in [0.717, 1.165) is 24.3 Å². The molecule has 2 heterocycles. The van der Waals surface area contributed by atoms with Crippen LogP contribution in [0.4, 0.5) is 0 Å². The average Bonchev–Trinajstić information content (AvgIpc) is 2.68. The van der Waals surface area contributed by atoms with Crippen molar-refractivity contribution in [3.8, 4) is 0 Å². The third kappa shape index (κ3) is 4.86. The SMILES string of the molecule is B[C@@H]1OC(COP(O)O[C@@H]2CCSSC2)C[C@@H]1C. The standard InChI is InChI=1S/C10H20BO4PS2/c1-7-4-9(14-10(7)11)5-13-16(12)15-8-2-3-17-18-6-8/h7-10,12H,2-6,11H2,1H3/t7-,8+,9?,10+,16?/m0/s1. The summed E-state index contributed by atoms with van der Waals surface area (Å²) >= 11 is 0. The lowest BCUT2D eigenvalue weighted by atomic mass is 9.88. The fraction of sp³-hybridized carbons (Fsp3) is 1.00. The van der Waals surface area contributed by atoms with Crippen LogP contribution >= 0.6 is 30.2 Å². The lowest BCUT2D eigenvalue weighted by Gasteiger charge is -2.23. The van der Waals surface area contributed by atoms with Crippen LogP contribution in [0.25, 0.3) is 0 Å². The van der Waals surface area contributed by atoms with E-state index in [0.29, 0.717) is 12.5 Å². The van der Waals surface area contributed by atoms with Crippen LogP contribution in [0.5, 0.6) is 0 Å². The Bertz CT molecular complexity index is 248. The normalized spacial score (nSPS) is 38.8. The maximum absolute atomic E-state index is 9.74.